The lowest BCUT2D eigenvalue weighted by atomic mass is 9.85. The summed E-state index contributed by atoms with van der Waals surface area (Å²) in [5, 5.41) is 2.86. The van der Waals surface area contributed by atoms with E-state index >= 15 is 0 Å². The Bertz CT molecular complexity index is 450. The number of methoxy groups -OCH3 is 1. The number of carbonyl (C=O) groups excluding carboxylic acids is 1. The van der Waals surface area contributed by atoms with Crippen molar-refractivity contribution < 1.29 is 9.53 Å². The van der Waals surface area contributed by atoms with Crippen LogP contribution in [0.4, 0.5) is 0 Å². The minimum absolute atomic E-state index is 0.0345. The molecule has 4 nitrogen and oxygen atoms in total. The average molecular weight is 264 g/mol. The van der Waals surface area contributed by atoms with Crippen molar-refractivity contribution in [3.8, 4) is 5.75 Å². The summed E-state index contributed by atoms with van der Waals surface area (Å²) in [7, 11) is 1.64. The molecule has 0 fully saturated rings. The van der Waals surface area contributed by atoms with Gasteiger partial charge in [0.05, 0.1) is 7.11 Å². The Hall–Kier alpha value is -1.55. The maximum Gasteiger partial charge on any atom is 0.251 e. The molecule has 0 saturated heterocycles. The van der Waals surface area contributed by atoms with Crippen LogP contribution in [-0.4, -0.2) is 25.6 Å². The fraction of sp³-hybridized carbons (Fsp3) is 0.533. The molecule has 0 aromatic heterocycles. The predicted octanol–water partition coefficient (Wildman–Crippen LogP) is 2.07. The smallest absolute Gasteiger partial charge is 0.251 e. The van der Waals surface area contributed by atoms with E-state index in [1.807, 2.05) is 19.1 Å². The second-order valence-corrected chi connectivity index (χ2v) is 5.78. The van der Waals surface area contributed by atoms with Crippen LogP contribution < -0.4 is 15.8 Å². The average Bonchev–Trinajstić information content (AvgIpc) is 2.36. The molecule has 1 aromatic carbocycles. The maximum atomic E-state index is 12.1. The van der Waals surface area contributed by atoms with E-state index in [-0.39, 0.29) is 17.4 Å². The van der Waals surface area contributed by atoms with Gasteiger partial charge in [-0.3, -0.25) is 4.79 Å². The molecule has 0 bridgehead atoms. The van der Waals surface area contributed by atoms with Crippen LogP contribution in [0.3, 0.4) is 0 Å². The number of ether oxygens (including phenoxy) is 1. The number of nitrogens with two attached hydrogens (primary N) is 1. The minimum Gasteiger partial charge on any atom is -0.496 e. The molecule has 0 aliphatic carbocycles. The zero-order valence-electron chi connectivity index (χ0n) is 12.4. The lowest BCUT2D eigenvalue weighted by Crippen LogP contribution is -2.37. The number of hydrogen-bond acceptors (Lipinski definition) is 3. The van der Waals surface area contributed by atoms with Crippen LogP contribution in [-0.2, 0) is 5.41 Å². The van der Waals surface area contributed by atoms with Gasteiger partial charge in [-0.25, -0.2) is 0 Å². The molecule has 0 aliphatic heterocycles. The Morgan fingerprint density at radius 2 is 2.05 bits per heavy atom. The molecule has 1 unspecified atom stereocenters. The third kappa shape index (κ3) is 3.96. The van der Waals surface area contributed by atoms with Crippen molar-refractivity contribution in [2.24, 2.45) is 5.73 Å². The molecule has 106 valence electrons. The lowest BCUT2D eigenvalue weighted by molar-refractivity contribution is 0.0941. The Balaban J connectivity index is 3.08. The second kappa shape index (κ2) is 6.06. The van der Waals surface area contributed by atoms with E-state index < -0.39 is 0 Å². The molecule has 0 aliphatic rings. The van der Waals surface area contributed by atoms with Crippen LogP contribution in [0.25, 0.3) is 0 Å². The number of nitrogens with one attached hydrogen (secondary N) is 1. The van der Waals surface area contributed by atoms with E-state index in [0.717, 1.165) is 11.3 Å². The summed E-state index contributed by atoms with van der Waals surface area (Å²) in [5.74, 6) is 0.696. The molecule has 0 saturated carbocycles. The van der Waals surface area contributed by atoms with Crippen molar-refractivity contribution in [3.63, 3.8) is 0 Å². The Labute approximate surface area is 115 Å². The molecule has 3 N–H and O–H groups in total. The summed E-state index contributed by atoms with van der Waals surface area (Å²) >= 11 is 0. The van der Waals surface area contributed by atoms with Crippen molar-refractivity contribution in [1.82, 2.24) is 5.32 Å². The third-order valence-electron chi connectivity index (χ3n) is 3.00. The molecule has 0 spiro atoms. The van der Waals surface area contributed by atoms with Gasteiger partial charge in [-0.15, -0.1) is 0 Å². The highest BCUT2D eigenvalue weighted by Crippen LogP contribution is 2.31. The number of hydrogen-bond donors (Lipinski definition) is 2. The monoisotopic (exact) mass is 264 g/mol. The molecular formula is C15H24N2O2. The number of amides is 1. The lowest BCUT2D eigenvalue weighted by Gasteiger charge is -2.23. The topological polar surface area (TPSA) is 64.3 Å². The first-order valence-electron chi connectivity index (χ1n) is 6.49. The summed E-state index contributed by atoms with van der Waals surface area (Å²) in [6, 6.07) is 5.46. The predicted molar refractivity (Wildman–Crippen MR) is 77.7 cm³/mol. The maximum absolute atomic E-state index is 12.1. The van der Waals surface area contributed by atoms with Crippen molar-refractivity contribution in [2.75, 3.05) is 13.7 Å². The molecular weight excluding hydrogens is 240 g/mol. The highest BCUT2D eigenvalue weighted by atomic mass is 16.5. The fourth-order valence-electron chi connectivity index (χ4n) is 1.80. The van der Waals surface area contributed by atoms with E-state index in [4.69, 9.17) is 10.5 Å². The van der Waals surface area contributed by atoms with Crippen LogP contribution in [0.15, 0.2) is 18.2 Å². The quantitative estimate of drug-likeness (QED) is 0.875. The van der Waals surface area contributed by atoms with Gasteiger partial charge in [0.25, 0.3) is 5.91 Å². The highest BCUT2D eigenvalue weighted by Gasteiger charge is 2.21. The Kier molecular flexibility index (Phi) is 4.95. The molecule has 0 radical (unpaired) electrons. The number of benzene rings is 1. The largest absolute Gasteiger partial charge is 0.496 e. The molecule has 1 aromatic rings. The third-order valence-corrected chi connectivity index (χ3v) is 3.00. The number of rotatable bonds is 4. The van der Waals surface area contributed by atoms with Gasteiger partial charge in [-0.1, -0.05) is 20.8 Å². The van der Waals surface area contributed by atoms with E-state index in [9.17, 15) is 4.79 Å². The van der Waals surface area contributed by atoms with Crippen molar-refractivity contribution in [1.29, 1.82) is 0 Å². The van der Waals surface area contributed by atoms with Gasteiger partial charge in [0.1, 0.15) is 5.75 Å². The second-order valence-electron chi connectivity index (χ2n) is 5.78. The van der Waals surface area contributed by atoms with Crippen molar-refractivity contribution in [2.45, 2.75) is 39.2 Å². The first kappa shape index (κ1) is 15.5. The first-order chi connectivity index (χ1) is 8.79. The summed E-state index contributed by atoms with van der Waals surface area (Å²) in [5.41, 5.74) is 7.07. The molecule has 4 heteroatoms. The zero-order valence-corrected chi connectivity index (χ0v) is 12.4. The molecule has 19 heavy (non-hydrogen) atoms. The van der Waals surface area contributed by atoms with Crippen molar-refractivity contribution in [3.05, 3.63) is 29.3 Å². The minimum atomic E-state index is -0.105. The molecule has 1 atom stereocenters. The van der Waals surface area contributed by atoms with E-state index in [0.29, 0.717) is 12.1 Å². The summed E-state index contributed by atoms with van der Waals surface area (Å²) in [6.07, 6.45) is 0. The molecule has 0 heterocycles. The van der Waals surface area contributed by atoms with Crippen LogP contribution in [0.5, 0.6) is 5.75 Å². The summed E-state index contributed by atoms with van der Waals surface area (Å²) in [4.78, 5) is 12.1. The van der Waals surface area contributed by atoms with Gasteiger partial charge in [-0.05, 0) is 30.5 Å². The van der Waals surface area contributed by atoms with E-state index in [1.54, 1.807) is 13.2 Å². The van der Waals surface area contributed by atoms with Crippen LogP contribution in [0, 0.1) is 0 Å². The molecule has 1 amide bonds. The van der Waals surface area contributed by atoms with Gasteiger partial charge in [-0.2, -0.15) is 0 Å². The first-order valence-corrected chi connectivity index (χ1v) is 6.49. The van der Waals surface area contributed by atoms with Crippen LogP contribution in [0.2, 0.25) is 0 Å². The summed E-state index contributed by atoms with van der Waals surface area (Å²) in [6.45, 7) is 8.58. The van der Waals surface area contributed by atoms with E-state index in [1.165, 1.54) is 0 Å². The van der Waals surface area contributed by atoms with Crippen LogP contribution >= 0.6 is 0 Å². The van der Waals surface area contributed by atoms with Gasteiger partial charge in [0.2, 0.25) is 0 Å². The Morgan fingerprint density at radius 1 is 1.42 bits per heavy atom. The van der Waals surface area contributed by atoms with Gasteiger partial charge >= 0.3 is 0 Å². The van der Waals surface area contributed by atoms with Crippen molar-refractivity contribution >= 4 is 5.91 Å². The van der Waals surface area contributed by atoms with E-state index in [2.05, 4.69) is 26.1 Å². The zero-order chi connectivity index (χ0) is 14.6. The standard InChI is InChI=1S/C15H24N2O2/c1-10(9-16)17-14(18)11-6-7-13(19-5)12(8-11)15(2,3)4/h6-8,10H,9,16H2,1-5H3,(H,17,18). The SMILES string of the molecule is COc1ccc(C(=O)NC(C)CN)cc1C(C)(C)C. The number of carbonyl (C=O) groups is 1. The normalized spacial score (nSPS) is 12.9. The van der Waals surface area contributed by atoms with Gasteiger partial charge in [0, 0.05) is 23.7 Å². The summed E-state index contributed by atoms with van der Waals surface area (Å²) < 4.78 is 5.36. The van der Waals surface area contributed by atoms with Gasteiger partial charge < -0.3 is 15.8 Å². The fourth-order valence-corrected chi connectivity index (χ4v) is 1.80. The molecule has 1 rings (SSSR count). The van der Waals surface area contributed by atoms with Crippen LogP contribution in [0.1, 0.15) is 43.6 Å². The van der Waals surface area contributed by atoms with Gasteiger partial charge in [0.15, 0.2) is 0 Å². The highest BCUT2D eigenvalue weighted by molar-refractivity contribution is 5.94. The Morgan fingerprint density at radius 3 is 2.53 bits per heavy atom.